The molecule has 2 atom stereocenters. The predicted octanol–water partition coefficient (Wildman–Crippen LogP) is 2.24. The smallest absolute Gasteiger partial charge is 0.246 e. The number of rotatable bonds is 5. The average molecular weight is 419 g/mol. The van der Waals surface area contributed by atoms with Crippen molar-refractivity contribution in [2.45, 2.75) is 24.9 Å². The van der Waals surface area contributed by atoms with Crippen molar-refractivity contribution in [2.75, 3.05) is 26.8 Å². The number of hydrogen-bond donors (Lipinski definition) is 2. The van der Waals surface area contributed by atoms with E-state index in [0.717, 1.165) is 27.7 Å². The normalized spacial score (nSPS) is 20.7. The number of aromatic amines is 1. The number of nitrogens with one attached hydrogen (secondary N) is 1. The van der Waals surface area contributed by atoms with Crippen LogP contribution in [0.25, 0.3) is 10.9 Å². The van der Waals surface area contributed by atoms with Gasteiger partial charge in [0, 0.05) is 36.2 Å². The molecule has 160 valence electrons. The molecule has 2 N–H and O–H groups in total. The fourth-order valence-electron chi connectivity index (χ4n) is 4.93. The van der Waals surface area contributed by atoms with Gasteiger partial charge in [-0.3, -0.25) is 9.59 Å². The Morgan fingerprint density at radius 1 is 1.16 bits per heavy atom. The van der Waals surface area contributed by atoms with E-state index in [2.05, 4.69) is 11.1 Å². The first-order valence-corrected chi connectivity index (χ1v) is 10.6. The first kappa shape index (κ1) is 19.6. The number of carbonyl (C=O) groups is 2. The van der Waals surface area contributed by atoms with Crippen molar-refractivity contribution in [3.63, 3.8) is 0 Å². The monoisotopic (exact) mass is 419 g/mol. The lowest BCUT2D eigenvalue weighted by Gasteiger charge is -2.47. The second-order valence-electron chi connectivity index (χ2n) is 8.10. The topological polar surface area (TPSA) is 85.9 Å². The maximum absolute atomic E-state index is 13.4. The number of amides is 2. The van der Waals surface area contributed by atoms with Gasteiger partial charge in [0.15, 0.2) is 0 Å². The van der Waals surface area contributed by atoms with E-state index in [4.69, 9.17) is 4.74 Å². The third-order valence-corrected chi connectivity index (χ3v) is 6.34. The highest BCUT2D eigenvalue weighted by atomic mass is 16.5. The van der Waals surface area contributed by atoms with Crippen LogP contribution in [0.4, 0.5) is 0 Å². The molecular weight excluding hydrogens is 394 g/mol. The van der Waals surface area contributed by atoms with E-state index in [1.165, 1.54) is 0 Å². The van der Waals surface area contributed by atoms with Crippen molar-refractivity contribution in [1.82, 2.24) is 14.8 Å². The molecule has 31 heavy (non-hydrogen) atoms. The molecule has 7 nitrogen and oxygen atoms in total. The number of benzene rings is 2. The average Bonchev–Trinajstić information content (AvgIpc) is 3.17. The van der Waals surface area contributed by atoms with Gasteiger partial charge < -0.3 is 24.6 Å². The van der Waals surface area contributed by atoms with Crippen LogP contribution in [0, 0.1) is 0 Å². The van der Waals surface area contributed by atoms with E-state index >= 15 is 0 Å². The van der Waals surface area contributed by atoms with Crippen molar-refractivity contribution in [1.29, 1.82) is 0 Å². The number of aliphatic hydroxyl groups is 1. The summed E-state index contributed by atoms with van der Waals surface area (Å²) >= 11 is 0. The quantitative estimate of drug-likeness (QED) is 0.664. The van der Waals surface area contributed by atoms with E-state index < -0.39 is 12.1 Å². The van der Waals surface area contributed by atoms with Crippen LogP contribution < -0.4 is 4.74 Å². The van der Waals surface area contributed by atoms with Crippen LogP contribution in [0.15, 0.2) is 48.5 Å². The Hall–Kier alpha value is -3.32. The molecule has 0 unspecified atom stereocenters. The van der Waals surface area contributed by atoms with Crippen molar-refractivity contribution in [2.24, 2.45) is 0 Å². The molecule has 2 aliphatic rings. The van der Waals surface area contributed by atoms with Crippen LogP contribution >= 0.6 is 0 Å². The molecule has 1 fully saturated rings. The summed E-state index contributed by atoms with van der Waals surface area (Å²) in [4.78, 5) is 33.6. The molecule has 7 heteroatoms. The van der Waals surface area contributed by atoms with Gasteiger partial charge in [-0.25, -0.2) is 0 Å². The summed E-state index contributed by atoms with van der Waals surface area (Å²) in [6.07, 6.45) is 0.934. The largest absolute Gasteiger partial charge is 0.497 e. The molecule has 0 spiro atoms. The lowest BCUT2D eigenvalue weighted by molar-refractivity contribution is -0.158. The van der Waals surface area contributed by atoms with Gasteiger partial charge in [-0.2, -0.15) is 0 Å². The summed E-state index contributed by atoms with van der Waals surface area (Å²) in [5.41, 5.74) is 3.93. The van der Waals surface area contributed by atoms with E-state index in [1.807, 2.05) is 42.5 Å². The fourth-order valence-corrected chi connectivity index (χ4v) is 4.93. The standard InChI is InChI=1S/C24H25N3O4/c1-31-16-7-4-6-15(12-16)23-22-18(17-8-2-3-9-19(17)25-22)13-20-24(30)26(10-5-11-28)14-21(29)27(20)23/h2-4,6-9,12,20,23,25,28H,5,10-11,13-14H2,1H3/t20-,23+/m0/s1. The minimum absolute atomic E-state index is 0.00855. The van der Waals surface area contributed by atoms with E-state index in [-0.39, 0.29) is 25.0 Å². The molecule has 2 aliphatic heterocycles. The Morgan fingerprint density at radius 2 is 2.00 bits per heavy atom. The second kappa shape index (κ2) is 7.74. The van der Waals surface area contributed by atoms with Crippen LogP contribution in [0.2, 0.25) is 0 Å². The molecule has 2 aromatic carbocycles. The minimum atomic E-state index is -0.567. The molecule has 5 rings (SSSR count). The Morgan fingerprint density at radius 3 is 2.81 bits per heavy atom. The third-order valence-electron chi connectivity index (χ3n) is 6.34. The lowest BCUT2D eigenvalue weighted by atomic mass is 9.86. The highest BCUT2D eigenvalue weighted by Crippen LogP contribution is 2.43. The number of hydrogen-bond acceptors (Lipinski definition) is 4. The number of aliphatic hydroxyl groups excluding tert-OH is 1. The molecule has 1 saturated heterocycles. The zero-order chi connectivity index (χ0) is 21.5. The molecular formula is C24H25N3O4. The fraction of sp³-hybridized carbons (Fsp3) is 0.333. The number of nitrogens with zero attached hydrogens (tertiary/aromatic N) is 2. The molecule has 0 saturated carbocycles. The number of methoxy groups -OCH3 is 1. The highest BCUT2D eigenvalue weighted by Gasteiger charge is 2.48. The summed E-state index contributed by atoms with van der Waals surface area (Å²) in [5.74, 6) is 0.564. The first-order valence-electron chi connectivity index (χ1n) is 10.6. The van der Waals surface area contributed by atoms with Gasteiger partial charge in [-0.05, 0) is 35.7 Å². The van der Waals surface area contributed by atoms with Gasteiger partial charge in [-0.1, -0.05) is 30.3 Å². The van der Waals surface area contributed by atoms with Gasteiger partial charge in [0.2, 0.25) is 11.8 Å². The Bertz CT molecular complexity index is 1150. The summed E-state index contributed by atoms with van der Waals surface area (Å²) in [7, 11) is 1.62. The Kier molecular flexibility index (Phi) is 4.90. The Balaban J connectivity index is 1.67. The molecule has 3 heterocycles. The van der Waals surface area contributed by atoms with Gasteiger partial charge >= 0.3 is 0 Å². The van der Waals surface area contributed by atoms with Gasteiger partial charge in [0.25, 0.3) is 0 Å². The number of carbonyl (C=O) groups excluding carboxylic acids is 2. The van der Waals surface area contributed by atoms with Crippen LogP contribution in [-0.4, -0.2) is 64.6 Å². The number of H-pyrrole nitrogens is 1. The number of piperazine rings is 1. The molecule has 1 aromatic heterocycles. The first-order chi connectivity index (χ1) is 15.1. The van der Waals surface area contributed by atoms with Crippen molar-refractivity contribution >= 4 is 22.7 Å². The van der Waals surface area contributed by atoms with Crippen LogP contribution in [0.3, 0.4) is 0 Å². The van der Waals surface area contributed by atoms with Crippen LogP contribution in [0.1, 0.15) is 29.3 Å². The highest BCUT2D eigenvalue weighted by molar-refractivity contribution is 5.97. The van der Waals surface area contributed by atoms with E-state index in [0.29, 0.717) is 25.1 Å². The van der Waals surface area contributed by atoms with E-state index in [1.54, 1.807) is 16.9 Å². The maximum Gasteiger partial charge on any atom is 0.246 e. The molecule has 0 bridgehead atoms. The summed E-state index contributed by atoms with van der Waals surface area (Å²) < 4.78 is 5.43. The summed E-state index contributed by atoms with van der Waals surface area (Å²) in [6, 6.07) is 14.8. The zero-order valence-electron chi connectivity index (χ0n) is 17.4. The molecule has 3 aromatic rings. The zero-order valence-corrected chi connectivity index (χ0v) is 17.4. The minimum Gasteiger partial charge on any atom is -0.497 e. The number of aromatic nitrogens is 1. The van der Waals surface area contributed by atoms with Gasteiger partial charge in [-0.15, -0.1) is 0 Å². The van der Waals surface area contributed by atoms with Crippen molar-refractivity contribution in [3.05, 3.63) is 65.4 Å². The second-order valence-corrected chi connectivity index (χ2v) is 8.10. The number of ether oxygens (including phenoxy) is 1. The Labute approximate surface area is 180 Å². The molecule has 0 aliphatic carbocycles. The van der Waals surface area contributed by atoms with Gasteiger partial charge in [0.05, 0.1) is 19.7 Å². The van der Waals surface area contributed by atoms with Crippen molar-refractivity contribution < 1.29 is 19.4 Å². The predicted molar refractivity (Wildman–Crippen MR) is 116 cm³/mol. The summed E-state index contributed by atoms with van der Waals surface area (Å²) in [5, 5.41) is 10.3. The van der Waals surface area contributed by atoms with Gasteiger partial charge in [0.1, 0.15) is 11.8 Å². The lowest BCUT2D eigenvalue weighted by Crippen LogP contribution is -2.63. The number of fused-ring (bicyclic) bond motifs is 4. The van der Waals surface area contributed by atoms with E-state index in [9.17, 15) is 14.7 Å². The SMILES string of the molecule is COc1cccc([C@@H]2c3[nH]c4ccccc4c3C[C@H]3C(=O)N(CCCO)CC(=O)N23)c1. The van der Waals surface area contributed by atoms with Crippen LogP contribution in [0.5, 0.6) is 5.75 Å². The van der Waals surface area contributed by atoms with Crippen molar-refractivity contribution in [3.8, 4) is 5.75 Å². The van der Waals surface area contributed by atoms with Crippen LogP contribution in [-0.2, 0) is 16.0 Å². The molecule has 0 radical (unpaired) electrons. The maximum atomic E-state index is 13.4. The third kappa shape index (κ3) is 3.16. The molecule has 2 amide bonds. The summed E-state index contributed by atoms with van der Waals surface area (Å²) in [6.45, 7) is 0.409. The number of para-hydroxylation sites is 1.